The average molecular weight is 438 g/mol. The molecular formula is C15H16Br2ClNS. The quantitative estimate of drug-likeness (QED) is 0.566. The summed E-state index contributed by atoms with van der Waals surface area (Å²) in [7, 11) is 0. The molecule has 0 radical (unpaired) electrons. The van der Waals surface area contributed by atoms with Crippen LogP contribution in [0.5, 0.6) is 0 Å². The van der Waals surface area contributed by atoms with E-state index in [-0.39, 0.29) is 6.04 Å². The lowest BCUT2D eigenvalue weighted by molar-refractivity contribution is 0.531. The van der Waals surface area contributed by atoms with Crippen molar-refractivity contribution in [3.63, 3.8) is 0 Å². The Hall–Kier alpha value is 0.130. The summed E-state index contributed by atoms with van der Waals surface area (Å²) in [6.07, 6.45) is 2.08. The molecule has 108 valence electrons. The number of hydrogen-bond donors (Lipinski definition) is 1. The SMILES string of the molecule is CCCNC(Cc1sccc1Br)c1cc(Cl)cc(Br)c1. The third kappa shape index (κ3) is 4.57. The van der Waals surface area contributed by atoms with Crippen LogP contribution >= 0.6 is 54.8 Å². The Balaban J connectivity index is 2.24. The monoisotopic (exact) mass is 435 g/mol. The van der Waals surface area contributed by atoms with Crippen LogP contribution in [0.4, 0.5) is 0 Å². The molecule has 1 heterocycles. The van der Waals surface area contributed by atoms with Crippen LogP contribution in [0.2, 0.25) is 5.02 Å². The normalized spacial score (nSPS) is 12.6. The lowest BCUT2D eigenvalue weighted by Crippen LogP contribution is -2.24. The van der Waals surface area contributed by atoms with Gasteiger partial charge in [-0.2, -0.15) is 0 Å². The summed E-state index contributed by atoms with van der Waals surface area (Å²) < 4.78 is 2.21. The van der Waals surface area contributed by atoms with Crippen LogP contribution in [0.3, 0.4) is 0 Å². The van der Waals surface area contributed by atoms with Crippen molar-refractivity contribution in [2.24, 2.45) is 0 Å². The Kier molecular flexibility index (Phi) is 6.56. The van der Waals surface area contributed by atoms with Crippen molar-refractivity contribution in [1.82, 2.24) is 5.32 Å². The van der Waals surface area contributed by atoms with Gasteiger partial charge in [-0.05, 0) is 64.1 Å². The molecule has 1 aromatic heterocycles. The number of rotatable bonds is 6. The summed E-state index contributed by atoms with van der Waals surface area (Å²) in [6, 6.07) is 8.48. The largest absolute Gasteiger partial charge is 0.310 e. The van der Waals surface area contributed by atoms with Gasteiger partial charge in [0.25, 0.3) is 0 Å². The molecule has 0 amide bonds. The first-order valence-electron chi connectivity index (χ1n) is 6.51. The number of halogens is 3. The van der Waals surface area contributed by atoms with Crippen LogP contribution < -0.4 is 5.32 Å². The third-order valence-corrected chi connectivity index (χ3v) is 5.63. The summed E-state index contributed by atoms with van der Waals surface area (Å²) >= 11 is 15.1. The Bertz CT molecular complexity index is 551. The van der Waals surface area contributed by atoms with E-state index in [0.29, 0.717) is 0 Å². The Morgan fingerprint density at radius 3 is 2.70 bits per heavy atom. The number of nitrogens with one attached hydrogen (secondary N) is 1. The fourth-order valence-corrected chi connectivity index (χ4v) is 4.51. The molecule has 1 nitrogen and oxygen atoms in total. The first-order chi connectivity index (χ1) is 9.60. The maximum atomic E-state index is 6.18. The zero-order valence-electron chi connectivity index (χ0n) is 11.1. The molecule has 1 unspecified atom stereocenters. The van der Waals surface area contributed by atoms with E-state index in [0.717, 1.165) is 28.9 Å². The predicted octanol–water partition coefficient (Wildman–Crippen LogP) is 6.21. The lowest BCUT2D eigenvalue weighted by Gasteiger charge is -2.19. The maximum Gasteiger partial charge on any atom is 0.0420 e. The second-order valence-corrected chi connectivity index (χ2v) is 7.81. The van der Waals surface area contributed by atoms with Crippen LogP contribution in [0, 0.1) is 0 Å². The molecule has 1 atom stereocenters. The van der Waals surface area contributed by atoms with Crippen LogP contribution in [-0.2, 0) is 6.42 Å². The van der Waals surface area contributed by atoms with Crippen molar-refractivity contribution in [3.05, 3.63) is 54.1 Å². The van der Waals surface area contributed by atoms with Gasteiger partial charge in [0.1, 0.15) is 0 Å². The topological polar surface area (TPSA) is 12.0 Å². The molecule has 0 fully saturated rings. The molecule has 0 bridgehead atoms. The van der Waals surface area contributed by atoms with Crippen LogP contribution in [0.25, 0.3) is 0 Å². The molecule has 0 aliphatic rings. The first-order valence-corrected chi connectivity index (χ1v) is 9.35. The Labute approximate surface area is 146 Å². The van der Waals surface area contributed by atoms with E-state index in [1.54, 1.807) is 11.3 Å². The zero-order chi connectivity index (χ0) is 14.5. The summed E-state index contributed by atoms with van der Waals surface area (Å²) in [5.74, 6) is 0. The van der Waals surface area contributed by atoms with Gasteiger partial charge in [-0.15, -0.1) is 11.3 Å². The standard InChI is InChI=1S/C15H16Br2ClNS/c1-2-4-19-14(9-15-13(17)3-5-20-15)10-6-11(16)8-12(18)7-10/h3,5-8,14,19H,2,4,9H2,1H3. The van der Waals surface area contributed by atoms with Crippen molar-refractivity contribution in [1.29, 1.82) is 0 Å². The maximum absolute atomic E-state index is 6.18. The van der Waals surface area contributed by atoms with Gasteiger partial charge in [-0.3, -0.25) is 0 Å². The molecule has 2 aromatic rings. The molecule has 0 spiro atoms. The van der Waals surface area contributed by atoms with Gasteiger partial charge >= 0.3 is 0 Å². The Morgan fingerprint density at radius 2 is 2.10 bits per heavy atom. The molecule has 0 aliphatic carbocycles. The highest BCUT2D eigenvalue weighted by Crippen LogP contribution is 2.30. The minimum Gasteiger partial charge on any atom is -0.310 e. The van der Waals surface area contributed by atoms with E-state index < -0.39 is 0 Å². The zero-order valence-corrected chi connectivity index (χ0v) is 15.9. The Morgan fingerprint density at radius 1 is 1.30 bits per heavy atom. The number of benzene rings is 1. The minimum atomic E-state index is 0.278. The van der Waals surface area contributed by atoms with Crippen molar-refractivity contribution < 1.29 is 0 Å². The highest BCUT2D eigenvalue weighted by atomic mass is 79.9. The van der Waals surface area contributed by atoms with Gasteiger partial charge in [0, 0.05) is 31.3 Å². The molecular weight excluding hydrogens is 422 g/mol. The smallest absolute Gasteiger partial charge is 0.0420 e. The second-order valence-electron chi connectivity index (χ2n) is 4.61. The summed E-state index contributed by atoms with van der Waals surface area (Å²) in [5.41, 5.74) is 1.22. The van der Waals surface area contributed by atoms with Crippen LogP contribution in [-0.4, -0.2) is 6.54 Å². The third-order valence-electron chi connectivity index (χ3n) is 3.01. The summed E-state index contributed by atoms with van der Waals surface area (Å²) in [5, 5.41) is 6.49. The number of thiophene rings is 1. The summed E-state index contributed by atoms with van der Waals surface area (Å²) in [4.78, 5) is 1.36. The van der Waals surface area contributed by atoms with Gasteiger partial charge < -0.3 is 5.32 Å². The molecule has 0 saturated carbocycles. The van der Waals surface area contributed by atoms with Crippen LogP contribution in [0.1, 0.15) is 29.8 Å². The summed E-state index contributed by atoms with van der Waals surface area (Å²) in [6.45, 7) is 3.18. The molecule has 20 heavy (non-hydrogen) atoms. The average Bonchev–Trinajstić information content (AvgIpc) is 2.78. The van der Waals surface area contributed by atoms with Gasteiger partial charge in [0.15, 0.2) is 0 Å². The highest BCUT2D eigenvalue weighted by molar-refractivity contribution is 9.10. The van der Waals surface area contributed by atoms with E-state index in [2.05, 4.69) is 61.6 Å². The van der Waals surface area contributed by atoms with E-state index in [1.807, 2.05) is 12.1 Å². The van der Waals surface area contributed by atoms with Crippen molar-refractivity contribution >= 4 is 54.8 Å². The van der Waals surface area contributed by atoms with E-state index >= 15 is 0 Å². The first kappa shape index (κ1) is 16.5. The van der Waals surface area contributed by atoms with Crippen molar-refractivity contribution in [3.8, 4) is 0 Å². The van der Waals surface area contributed by atoms with Gasteiger partial charge in [-0.25, -0.2) is 0 Å². The molecule has 1 aromatic carbocycles. The van der Waals surface area contributed by atoms with Gasteiger partial charge in [-0.1, -0.05) is 34.5 Å². The van der Waals surface area contributed by atoms with E-state index in [9.17, 15) is 0 Å². The van der Waals surface area contributed by atoms with Crippen molar-refractivity contribution in [2.45, 2.75) is 25.8 Å². The van der Waals surface area contributed by atoms with Gasteiger partial charge in [0.2, 0.25) is 0 Å². The lowest BCUT2D eigenvalue weighted by atomic mass is 10.0. The molecule has 5 heteroatoms. The fourth-order valence-electron chi connectivity index (χ4n) is 2.06. The highest BCUT2D eigenvalue weighted by Gasteiger charge is 2.15. The molecule has 1 N–H and O–H groups in total. The van der Waals surface area contributed by atoms with E-state index in [4.69, 9.17) is 11.6 Å². The van der Waals surface area contributed by atoms with Crippen molar-refractivity contribution in [2.75, 3.05) is 6.54 Å². The fraction of sp³-hybridized carbons (Fsp3) is 0.333. The molecule has 2 rings (SSSR count). The predicted molar refractivity (Wildman–Crippen MR) is 95.9 cm³/mol. The number of hydrogen-bond acceptors (Lipinski definition) is 2. The van der Waals surface area contributed by atoms with Crippen LogP contribution in [0.15, 0.2) is 38.6 Å². The minimum absolute atomic E-state index is 0.278. The molecule has 0 saturated heterocycles. The van der Waals surface area contributed by atoms with E-state index in [1.165, 1.54) is 14.9 Å². The molecule has 0 aliphatic heterocycles. The van der Waals surface area contributed by atoms with Gasteiger partial charge in [0.05, 0.1) is 0 Å². The second kappa shape index (κ2) is 7.95.